The largest absolute Gasteiger partial charge is 0.511 e. The van der Waals surface area contributed by atoms with Crippen molar-refractivity contribution >= 4 is 23.4 Å². The van der Waals surface area contributed by atoms with Gasteiger partial charge >= 0.3 is 0 Å². The highest BCUT2D eigenvalue weighted by Crippen LogP contribution is 2.33. The molecule has 0 unspecified atom stereocenters. The Morgan fingerprint density at radius 1 is 1.10 bits per heavy atom. The fourth-order valence-corrected chi connectivity index (χ4v) is 4.71. The van der Waals surface area contributed by atoms with Gasteiger partial charge in [-0.05, 0) is 36.5 Å². The average molecular weight is 397 g/mol. The second kappa shape index (κ2) is 7.89. The van der Waals surface area contributed by atoms with Gasteiger partial charge in [0.1, 0.15) is 11.3 Å². The Morgan fingerprint density at radius 2 is 1.79 bits per heavy atom. The van der Waals surface area contributed by atoms with Gasteiger partial charge in [0.15, 0.2) is 0 Å². The highest BCUT2D eigenvalue weighted by molar-refractivity contribution is 6.23. The van der Waals surface area contributed by atoms with Gasteiger partial charge < -0.3 is 20.6 Å². The van der Waals surface area contributed by atoms with E-state index in [-0.39, 0.29) is 23.3 Å². The summed E-state index contributed by atoms with van der Waals surface area (Å²) in [6, 6.07) is 7.38. The van der Waals surface area contributed by atoms with Crippen LogP contribution in [0.25, 0.3) is 0 Å². The van der Waals surface area contributed by atoms with Crippen LogP contribution in [0.2, 0.25) is 0 Å². The fraction of sp³-hybridized carbons (Fsp3) is 0.500. The molecule has 7 nitrogen and oxygen atoms in total. The van der Waals surface area contributed by atoms with Gasteiger partial charge in [0.05, 0.1) is 12.0 Å². The van der Waals surface area contributed by atoms with Crippen LogP contribution in [0.3, 0.4) is 0 Å². The summed E-state index contributed by atoms with van der Waals surface area (Å²) in [7, 11) is 0. The van der Waals surface area contributed by atoms with Crippen molar-refractivity contribution < 1.29 is 19.5 Å². The molecule has 7 heteroatoms. The van der Waals surface area contributed by atoms with E-state index in [4.69, 9.17) is 0 Å². The maximum absolute atomic E-state index is 12.7. The summed E-state index contributed by atoms with van der Waals surface area (Å²) in [6.07, 6.45) is 6.22. The molecule has 154 valence electrons. The van der Waals surface area contributed by atoms with E-state index >= 15 is 0 Å². The molecule has 1 aromatic carbocycles. The lowest BCUT2D eigenvalue weighted by Crippen LogP contribution is -2.48. The van der Waals surface area contributed by atoms with Crippen molar-refractivity contribution in [3.8, 4) is 0 Å². The summed E-state index contributed by atoms with van der Waals surface area (Å²) in [4.78, 5) is 38.3. The first-order valence-electron chi connectivity index (χ1n) is 10.3. The van der Waals surface area contributed by atoms with Gasteiger partial charge in [-0.2, -0.15) is 0 Å². The van der Waals surface area contributed by atoms with E-state index in [0.717, 1.165) is 0 Å². The Kier molecular flexibility index (Phi) is 5.30. The van der Waals surface area contributed by atoms with Crippen LogP contribution in [0.15, 0.2) is 35.6 Å². The van der Waals surface area contributed by atoms with E-state index in [9.17, 15) is 19.5 Å². The number of hydrogen-bond donors (Lipinski definition) is 3. The Hall–Kier alpha value is -2.83. The number of aliphatic hydroxyl groups excluding tert-OH is 1. The molecular formula is C22H27N3O4. The third-order valence-electron chi connectivity index (χ3n) is 6.39. The van der Waals surface area contributed by atoms with Gasteiger partial charge in [-0.15, -0.1) is 0 Å². The molecule has 1 aromatic rings. The first-order chi connectivity index (χ1) is 13.9. The van der Waals surface area contributed by atoms with Gasteiger partial charge in [0, 0.05) is 25.7 Å². The summed E-state index contributed by atoms with van der Waals surface area (Å²) < 4.78 is 0. The monoisotopic (exact) mass is 397 g/mol. The third-order valence-corrected chi connectivity index (χ3v) is 6.39. The smallest absolute Gasteiger partial charge is 0.264 e. The molecular weight excluding hydrogens is 370 g/mol. The van der Waals surface area contributed by atoms with E-state index in [2.05, 4.69) is 10.6 Å². The molecule has 3 aliphatic rings. The number of nitrogens with zero attached hydrogens (tertiary/aromatic N) is 1. The van der Waals surface area contributed by atoms with Crippen LogP contribution in [0, 0.1) is 5.92 Å². The molecule has 1 saturated carbocycles. The van der Waals surface area contributed by atoms with Crippen molar-refractivity contribution in [2.45, 2.75) is 51.0 Å². The SMILES string of the molecule is CC(=O)N1C[C@@H]2NC(=O)C(C(=O)Nc3ccc(C4CCCCC4)cc3)=C(O)[C@H]2C1. The molecule has 3 amide bonds. The number of fused-ring (bicyclic) bond motifs is 1. The van der Waals surface area contributed by atoms with Crippen molar-refractivity contribution in [1.82, 2.24) is 10.2 Å². The highest BCUT2D eigenvalue weighted by Gasteiger charge is 2.44. The molecule has 0 radical (unpaired) electrons. The number of likely N-dealkylation sites (tertiary alicyclic amines) is 1. The van der Waals surface area contributed by atoms with Crippen LogP contribution >= 0.6 is 0 Å². The van der Waals surface area contributed by atoms with Crippen LogP contribution in [-0.2, 0) is 14.4 Å². The van der Waals surface area contributed by atoms with E-state index in [1.165, 1.54) is 44.6 Å². The molecule has 1 saturated heterocycles. The van der Waals surface area contributed by atoms with E-state index in [0.29, 0.717) is 24.7 Å². The summed E-state index contributed by atoms with van der Waals surface area (Å²) in [6.45, 7) is 2.08. The van der Waals surface area contributed by atoms with Crippen LogP contribution in [0.1, 0.15) is 50.5 Å². The Morgan fingerprint density at radius 3 is 2.45 bits per heavy atom. The molecule has 2 atom stereocenters. The van der Waals surface area contributed by atoms with Crippen molar-refractivity contribution in [2.24, 2.45) is 5.92 Å². The molecule has 2 heterocycles. The normalized spacial score (nSPS) is 24.9. The summed E-state index contributed by atoms with van der Waals surface area (Å²) in [5, 5.41) is 16.1. The predicted molar refractivity (Wildman–Crippen MR) is 108 cm³/mol. The number of benzene rings is 1. The van der Waals surface area contributed by atoms with Crippen LogP contribution in [-0.4, -0.2) is 46.9 Å². The lowest BCUT2D eigenvalue weighted by atomic mass is 9.84. The maximum atomic E-state index is 12.7. The third kappa shape index (κ3) is 3.86. The van der Waals surface area contributed by atoms with Gasteiger partial charge in [0.2, 0.25) is 5.91 Å². The Labute approximate surface area is 170 Å². The molecule has 1 aliphatic carbocycles. The van der Waals surface area contributed by atoms with Crippen molar-refractivity contribution in [2.75, 3.05) is 18.4 Å². The van der Waals surface area contributed by atoms with Crippen molar-refractivity contribution in [3.05, 3.63) is 41.2 Å². The van der Waals surface area contributed by atoms with Gasteiger partial charge in [0.25, 0.3) is 11.8 Å². The van der Waals surface area contributed by atoms with Gasteiger partial charge in [-0.1, -0.05) is 31.4 Å². The Bertz CT molecular complexity index is 855. The zero-order chi connectivity index (χ0) is 20.5. The highest BCUT2D eigenvalue weighted by atomic mass is 16.3. The van der Waals surface area contributed by atoms with E-state index < -0.39 is 17.7 Å². The molecule has 0 aromatic heterocycles. The number of aliphatic hydroxyl groups is 1. The minimum atomic E-state index is -0.634. The fourth-order valence-electron chi connectivity index (χ4n) is 4.71. The quantitative estimate of drug-likeness (QED) is 0.683. The molecule has 0 spiro atoms. The summed E-state index contributed by atoms with van der Waals surface area (Å²) in [5.41, 5.74) is 1.59. The minimum Gasteiger partial charge on any atom is -0.511 e. The van der Waals surface area contributed by atoms with Crippen LogP contribution in [0.5, 0.6) is 0 Å². The number of carbonyl (C=O) groups is 3. The standard InChI is InChI=1S/C22H27N3O4/c1-13(26)25-11-17-18(12-25)24-22(29)19(20(17)27)21(28)23-16-9-7-15(8-10-16)14-5-3-2-4-6-14/h7-10,14,17-18,27H,2-6,11-12H2,1H3,(H,23,28)(H,24,29)/t17-,18-/m0/s1. The number of anilines is 1. The second-order valence-corrected chi connectivity index (χ2v) is 8.28. The topological polar surface area (TPSA) is 98.7 Å². The summed E-state index contributed by atoms with van der Waals surface area (Å²) in [5.74, 6) is -1.47. The maximum Gasteiger partial charge on any atom is 0.264 e. The van der Waals surface area contributed by atoms with Gasteiger partial charge in [-0.25, -0.2) is 0 Å². The average Bonchev–Trinajstić information content (AvgIpc) is 3.14. The lowest BCUT2D eigenvalue weighted by molar-refractivity contribution is -0.128. The van der Waals surface area contributed by atoms with E-state index in [1.54, 1.807) is 4.90 Å². The van der Waals surface area contributed by atoms with E-state index in [1.807, 2.05) is 24.3 Å². The predicted octanol–water partition coefficient (Wildman–Crippen LogP) is 2.46. The first-order valence-corrected chi connectivity index (χ1v) is 10.3. The number of hydrogen-bond acceptors (Lipinski definition) is 4. The minimum absolute atomic E-state index is 0.120. The molecule has 29 heavy (non-hydrogen) atoms. The van der Waals surface area contributed by atoms with Crippen LogP contribution < -0.4 is 10.6 Å². The van der Waals surface area contributed by atoms with Crippen LogP contribution in [0.4, 0.5) is 5.69 Å². The molecule has 4 rings (SSSR count). The second-order valence-electron chi connectivity index (χ2n) is 8.28. The van der Waals surface area contributed by atoms with Gasteiger partial charge in [-0.3, -0.25) is 14.4 Å². The molecule has 3 N–H and O–H groups in total. The number of amides is 3. The van der Waals surface area contributed by atoms with Crippen molar-refractivity contribution in [1.29, 1.82) is 0 Å². The lowest BCUT2D eigenvalue weighted by Gasteiger charge is -2.26. The Balaban J connectivity index is 1.47. The first kappa shape index (κ1) is 19.5. The van der Waals surface area contributed by atoms with Crippen molar-refractivity contribution in [3.63, 3.8) is 0 Å². The number of rotatable bonds is 3. The molecule has 2 fully saturated rings. The molecule has 0 bridgehead atoms. The zero-order valence-electron chi connectivity index (χ0n) is 16.6. The molecule has 2 aliphatic heterocycles. The number of carbonyl (C=O) groups excluding carboxylic acids is 3. The number of nitrogens with one attached hydrogen (secondary N) is 2. The zero-order valence-corrected chi connectivity index (χ0v) is 16.6. The summed E-state index contributed by atoms with van der Waals surface area (Å²) >= 11 is 0.